The standard InChI is InChI=1S/C8H6Cl/c1-2-7-5-3-4-6-8(7)9/h2-4,6H,1H2. The summed E-state index contributed by atoms with van der Waals surface area (Å²) in [7, 11) is 0. The molecule has 0 saturated carbocycles. The minimum atomic E-state index is 0.701. The Morgan fingerprint density at radius 3 is 2.89 bits per heavy atom. The zero-order valence-electron chi connectivity index (χ0n) is 4.89. The predicted octanol–water partition coefficient (Wildman–Crippen LogP) is 2.78. The Kier molecular flexibility index (Phi) is 1.91. The zero-order valence-corrected chi connectivity index (χ0v) is 5.65. The van der Waals surface area contributed by atoms with Crippen molar-refractivity contribution < 1.29 is 0 Å². The van der Waals surface area contributed by atoms with Crippen LogP contribution in [0.3, 0.4) is 0 Å². The van der Waals surface area contributed by atoms with Crippen molar-refractivity contribution in [2.75, 3.05) is 0 Å². The summed E-state index contributed by atoms with van der Waals surface area (Å²) in [4.78, 5) is 0. The molecule has 1 aromatic rings. The molecular formula is C8H6Cl. The molecule has 0 nitrogen and oxygen atoms in total. The van der Waals surface area contributed by atoms with Crippen LogP contribution >= 0.6 is 11.6 Å². The maximum atomic E-state index is 5.72. The van der Waals surface area contributed by atoms with E-state index in [9.17, 15) is 0 Å². The molecule has 1 radical (unpaired) electrons. The van der Waals surface area contributed by atoms with Crippen molar-refractivity contribution in [1.29, 1.82) is 0 Å². The average molecular weight is 138 g/mol. The number of hydrogen-bond acceptors (Lipinski definition) is 0. The summed E-state index contributed by atoms with van der Waals surface area (Å²) in [5.41, 5.74) is 0.860. The Labute approximate surface area is 59.8 Å². The molecule has 0 atom stereocenters. The molecule has 0 aliphatic rings. The Balaban J connectivity index is 3.15. The quantitative estimate of drug-likeness (QED) is 0.559. The summed E-state index contributed by atoms with van der Waals surface area (Å²) in [6.45, 7) is 3.58. The van der Waals surface area contributed by atoms with Crippen molar-refractivity contribution in [3.63, 3.8) is 0 Å². The molecule has 1 aromatic carbocycles. The van der Waals surface area contributed by atoms with E-state index in [2.05, 4.69) is 12.6 Å². The minimum Gasteiger partial charge on any atom is -0.0984 e. The van der Waals surface area contributed by atoms with E-state index in [4.69, 9.17) is 11.6 Å². The van der Waals surface area contributed by atoms with E-state index >= 15 is 0 Å². The highest BCUT2D eigenvalue weighted by atomic mass is 35.5. The Morgan fingerprint density at radius 2 is 2.44 bits per heavy atom. The highest BCUT2D eigenvalue weighted by molar-refractivity contribution is 6.32. The Morgan fingerprint density at radius 1 is 1.67 bits per heavy atom. The first kappa shape index (κ1) is 6.37. The normalized spacial score (nSPS) is 9.00. The van der Waals surface area contributed by atoms with Crippen molar-refractivity contribution in [1.82, 2.24) is 0 Å². The van der Waals surface area contributed by atoms with Crippen molar-refractivity contribution >= 4 is 17.7 Å². The second kappa shape index (κ2) is 2.70. The second-order valence-electron chi connectivity index (χ2n) is 1.64. The van der Waals surface area contributed by atoms with E-state index in [0.717, 1.165) is 5.56 Å². The number of rotatable bonds is 1. The first-order valence-electron chi connectivity index (χ1n) is 2.63. The number of hydrogen-bond donors (Lipinski definition) is 0. The van der Waals surface area contributed by atoms with Gasteiger partial charge < -0.3 is 0 Å². The van der Waals surface area contributed by atoms with Crippen LogP contribution in [0, 0.1) is 6.07 Å². The summed E-state index contributed by atoms with van der Waals surface area (Å²) >= 11 is 5.72. The molecule has 0 N–H and O–H groups in total. The third kappa shape index (κ3) is 1.33. The van der Waals surface area contributed by atoms with Crippen LogP contribution in [-0.4, -0.2) is 0 Å². The van der Waals surface area contributed by atoms with Crippen LogP contribution in [0.4, 0.5) is 0 Å². The Bertz CT molecular complexity index is 216. The topological polar surface area (TPSA) is 0 Å². The molecule has 1 rings (SSSR count). The molecular weight excluding hydrogens is 132 g/mol. The van der Waals surface area contributed by atoms with Gasteiger partial charge in [-0.05, 0) is 12.1 Å². The maximum Gasteiger partial charge on any atom is 0.0484 e. The lowest BCUT2D eigenvalue weighted by Crippen LogP contribution is -1.70. The van der Waals surface area contributed by atoms with E-state index < -0.39 is 0 Å². The molecule has 0 unspecified atom stereocenters. The van der Waals surface area contributed by atoms with E-state index in [1.807, 2.05) is 18.2 Å². The summed E-state index contributed by atoms with van der Waals surface area (Å²) in [5, 5.41) is 0.701. The zero-order chi connectivity index (χ0) is 6.69. The first-order chi connectivity index (χ1) is 4.34. The molecule has 1 heteroatoms. The fourth-order valence-corrected chi connectivity index (χ4v) is 0.790. The lowest BCUT2D eigenvalue weighted by atomic mass is 10.2. The van der Waals surface area contributed by atoms with Crippen LogP contribution in [0.25, 0.3) is 6.08 Å². The molecule has 0 bridgehead atoms. The average Bonchev–Trinajstić information content (AvgIpc) is 1.89. The van der Waals surface area contributed by atoms with Gasteiger partial charge in [-0.3, -0.25) is 0 Å². The molecule has 0 saturated heterocycles. The van der Waals surface area contributed by atoms with Crippen molar-refractivity contribution in [3.8, 4) is 0 Å². The highest BCUT2D eigenvalue weighted by Gasteiger charge is 1.90. The van der Waals surface area contributed by atoms with Crippen LogP contribution in [0.15, 0.2) is 24.8 Å². The minimum absolute atomic E-state index is 0.701. The third-order valence-electron chi connectivity index (χ3n) is 1.04. The van der Waals surface area contributed by atoms with Crippen molar-refractivity contribution in [3.05, 3.63) is 41.4 Å². The van der Waals surface area contributed by atoms with Gasteiger partial charge in [0.05, 0.1) is 0 Å². The molecule has 0 aromatic heterocycles. The van der Waals surface area contributed by atoms with Gasteiger partial charge in [-0.1, -0.05) is 36.4 Å². The summed E-state index contributed by atoms with van der Waals surface area (Å²) in [5.74, 6) is 0. The van der Waals surface area contributed by atoms with Gasteiger partial charge in [-0.2, -0.15) is 0 Å². The molecule has 0 aliphatic heterocycles. The summed E-state index contributed by atoms with van der Waals surface area (Å²) in [6, 6.07) is 8.40. The van der Waals surface area contributed by atoms with E-state index in [0.29, 0.717) is 5.02 Å². The molecule has 0 spiro atoms. The molecule has 45 valence electrons. The van der Waals surface area contributed by atoms with Gasteiger partial charge in [0.2, 0.25) is 0 Å². The first-order valence-corrected chi connectivity index (χ1v) is 3.01. The number of halogens is 1. The van der Waals surface area contributed by atoms with Gasteiger partial charge in [0.15, 0.2) is 0 Å². The van der Waals surface area contributed by atoms with Gasteiger partial charge in [-0.25, -0.2) is 0 Å². The van der Waals surface area contributed by atoms with Crippen LogP contribution in [0.1, 0.15) is 5.56 Å². The Hall–Kier alpha value is -0.750. The molecule has 9 heavy (non-hydrogen) atoms. The smallest absolute Gasteiger partial charge is 0.0484 e. The fourth-order valence-electron chi connectivity index (χ4n) is 0.586. The van der Waals surface area contributed by atoms with Gasteiger partial charge in [0.25, 0.3) is 0 Å². The second-order valence-corrected chi connectivity index (χ2v) is 2.04. The largest absolute Gasteiger partial charge is 0.0984 e. The lowest BCUT2D eigenvalue weighted by Gasteiger charge is -1.92. The SMILES string of the molecule is C=Cc1[c]cccc1Cl. The molecule has 0 amide bonds. The third-order valence-corrected chi connectivity index (χ3v) is 1.37. The molecule has 0 fully saturated rings. The van der Waals surface area contributed by atoms with Crippen LogP contribution < -0.4 is 0 Å². The van der Waals surface area contributed by atoms with E-state index in [1.165, 1.54) is 0 Å². The lowest BCUT2D eigenvalue weighted by molar-refractivity contribution is 1.64. The molecule has 0 aliphatic carbocycles. The van der Waals surface area contributed by atoms with E-state index in [-0.39, 0.29) is 0 Å². The predicted molar refractivity (Wildman–Crippen MR) is 40.4 cm³/mol. The van der Waals surface area contributed by atoms with Gasteiger partial charge in [0, 0.05) is 10.6 Å². The molecule has 0 heterocycles. The van der Waals surface area contributed by atoms with Gasteiger partial charge in [0.1, 0.15) is 0 Å². The van der Waals surface area contributed by atoms with Crippen molar-refractivity contribution in [2.45, 2.75) is 0 Å². The van der Waals surface area contributed by atoms with Crippen LogP contribution in [0.2, 0.25) is 5.02 Å². The highest BCUT2D eigenvalue weighted by Crippen LogP contribution is 2.14. The number of benzene rings is 1. The van der Waals surface area contributed by atoms with E-state index in [1.54, 1.807) is 6.08 Å². The summed E-state index contributed by atoms with van der Waals surface area (Å²) < 4.78 is 0. The monoisotopic (exact) mass is 137 g/mol. The van der Waals surface area contributed by atoms with Crippen LogP contribution in [0.5, 0.6) is 0 Å². The maximum absolute atomic E-state index is 5.72. The fraction of sp³-hybridized carbons (Fsp3) is 0. The van der Waals surface area contributed by atoms with Gasteiger partial charge in [-0.15, -0.1) is 0 Å². The summed E-state index contributed by atoms with van der Waals surface area (Å²) in [6.07, 6.45) is 1.68. The van der Waals surface area contributed by atoms with Crippen molar-refractivity contribution in [2.24, 2.45) is 0 Å². The van der Waals surface area contributed by atoms with Crippen LogP contribution in [-0.2, 0) is 0 Å². The van der Waals surface area contributed by atoms with Gasteiger partial charge >= 0.3 is 0 Å².